The first kappa shape index (κ1) is 16.7. The fourth-order valence-corrected chi connectivity index (χ4v) is 3.31. The van der Waals surface area contributed by atoms with Crippen molar-refractivity contribution in [2.24, 2.45) is 5.41 Å². The zero-order chi connectivity index (χ0) is 15.7. The predicted molar refractivity (Wildman–Crippen MR) is 86.0 cm³/mol. The highest BCUT2D eigenvalue weighted by atomic mass is 35.5. The standard InChI is InChI=1S/C15H23ClN2O2S/c1-15(2,3)10-18-21(19,20)13-6-7-14(16)11(8-13)9-17-12-4-5-12/h6-8,12,17-18H,4-5,9-10H2,1-3H3. The first-order valence-corrected chi connectivity index (χ1v) is 9.05. The van der Waals surface area contributed by atoms with Crippen LogP contribution in [0.4, 0.5) is 0 Å². The summed E-state index contributed by atoms with van der Waals surface area (Å²) in [6.07, 6.45) is 2.37. The molecule has 1 aromatic rings. The van der Waals surface area contributed by atoms with Crippen LogP contribution in [0.3, 0.4) is 0 Å². The Bertz CT molecular complexity index is 605. The van der Waals surface area contributed by atoms with Crippen LogP contribution in [0.1, 0.15) is 39.2 Å². The van der Waals surface area contributed by atoms with Gasteiger partial charge in [-0.05, 0) is 42.0 Å². The van der Waals surface area contributed by atoms with Gasteiger partial charge in [0.05, 0.1) is 4.90 Å². The van der Waals surface area contributed by atoms with E-state index in [4.69, 9.17) is 11.6 Å². The van der Waals surface area contributed by atoms with Crippen molar-refractivity contribution < 1.29 is 8.42 Å². The summed E-state index contributed by atoms with van der Waals surface area (Å²) >= 11 is 6.14. The molecule has 0 unspecified atom stereocenters. The fourth-order valence-electron chi connectivity index (χ4n) is 1.79. The minimum absolute atomic E-state index is 0.101. The molecule has 1 aliphatic carbocycles. The predicted octanol–water partition coefficient (Wildman–Crippen LogP) is 2.92. The maximum absolute atomic E-state index is 12.3. The molecule has 0 aliphatic heterocycles. The number of hydrogen-bond donors (Lipinski definition) is 2. The molecule has 2 rings (SSSR count). The molecule has 21 heavy (non-hydrogen) atoms. The third-order valence-electron chi connectivity index (χ3n) is 3.28. The molecule has 118 valence electrons. The SMILES string of the molecule is CC(C)(C)CNS(=O)(=O)c1ccc(Cl)c(CNC2CC2)c1. The van der Waals surface area contributed by atoms with Gasteiger partial charge in [0, 0.05) is 24.2 Å². The summed E-state index contributed by atoms with van der Waals surface area (Å²) in [5.74, 6) is 0. The van der Waals surface area contributed by atoms with Crippen LogP contribution in [0.2, 0.25) is 5.02 Å². The molecule has 6 heteroatoms. The average Bonchev–Trinajstić information content (AvgIpc) is 3.19. The topological polar surface area (TPSA) is 58.2 Å². The van der Waals surface area contributed by atoms with Crippen LogP contribution in [-0.2, 0) is 16.6 Å². The molecule has 0 amide bonds. The molecule has 0 bridgehead atoms. The van der Waals surface area contributed by atoms with E-state index >= 15 is 0 Å². The van der Waals surface area contributed by atoms with Crippen molar-refractivity contribution in [3.05, 3.63) is 28.8 Å². The number of benzene rings is 1. The Morgan fingerprint density at radius 2 is 1.95 bits per heavy atom. The smallest absolute Gasteiger partial charge is 0.240 e. The summed E-state index contributed by atoms with van der Waals surface area (Å²) in [6, 6.07) is 5.41. The number of rotatable bonds is 6. The van der Waals surface area contributed by atoms with Gasteiger partial charge in [0.25, 0.3) is 0 Å². The highest BCUT2D eigenvalue weighted by molar-refractivity contribution is 7.89. The van der Waals surface area contributed by atoms with E-state index in [1.54, 1.807) is 18.2 Å². The van der Waals surface area contributed by atoms with Gasteiger partial charge in [0.15, 0.2) is 0 Å². The summed E-state index contributed by atoms with van der Waals surface area (Å²) in [5, 5.41) is 3.94. The lowest BCUT2D eigenvalue weighted by Crippen LogP contribution is -2.32. The van der Waals surface area contributed by atoms with E-state index in [-0.39, 0.29) is 10.3 Å². The minimum Gasteiger partial charge on any atom is -0.310 e. The highest BCUT2D eigenvalue weighted by Crippen LogP contribution is 2.24. The van der Waals surface area contributed by atoms with Gasteiger partial charge in [0.2, 0.25) is 10.0 Å². The molecule has 1 aliphatic rings. The number of halogens is 1. The molecule has 1 saturated carbocycles. The van der Waals surface area contributed by atoms with Crippen LogP contribution in [0.25, 0.3) is 0 Å². The van der Waals surface area contributed by atoms with Crippen LogP contribution in [-0.4, -0.2) is 21.0 Å². The van der Waals surface area contributed by atoms with Gasteiger partial charge in [0.1, 0.15) is 0 Å². The van der Waals surface area contributed by atoms with Gasteiger partial charge < -0.3 is 5.32 Å². The summed E-state index contributed by atoms with van der Waals surface area (Å²) < 4.78 is 27.3. The quantitative estimate of drug-likeness (QED) is 0.843. The Balaban J connectivity index is 2.12. The summed E-state index contributed by atoms with van der Waals surface area (Å²) in [6.45, 7) is 6.97. The van der Waals surface area contributed by atoms with Crippen LogP contribution in [0, 0.1) is 5.41 Å². The zero-order valence-electron chi connectivity index (χ0n) is 12.7. The van der Waals surface area contributed by atoms with E-state index in [9.17, 15) is 8.42 Å². The van der Waals surface area contributed by atoms with Crippen molar-refractivity contribution in [1.29, 1.82) is 0 Å². The number of sulfonamides is 1. The van der Waals surface area contributed by atoms with Crippen LogP contribution in [0.5, 0.6) is 0 Å². The molecule has 1 aromatic carbocycles. The minimum atomic E-state index is -3.49. The average molecular weight is 331 g/mol. The van der Waals surface area contributed by atoms with Gasteiger partial charge in [-0.2, -0.15) is 0 Å². The van der Waals surface area contributed by atoms with Gasteiger partial charge in [-0.1, -0.05) is 32.4 Å². The molecule has 2 N–H and O–H groups in total. The van der Waals surface area contributed by atoms with E-state index in [1.807, 2.05) is 20.8 Å². The Kier molecular flexibility index (Phi) is 4.98. The Hall–Kier alpha value is -0.620. The van der Waals surface area contributed by atoms with Gasteiger partial charge >= 0.3 is 0 Å². The van der Waals surface area contributed by atoms with E-state index in [0.717, 1.165) is 5.56 Å². The second-order valence-electron chi connectivity index (χ2n) is 6.79. The van der Waals surface area contributed by atoms with Crippen molar-refractivity contribution in [3.8, 4) is 0 Å². The van der Waals surface area contributed by atoms with Gasteiger partial charge in [-0.15, -0.1) is 0 Å². The number of hydrogen-bond acceptors (Lipinski definition) is 3. The molecule has 0 spiro atoms. The molecule has 0 atom stereocenters. The van der Waals surface area contributed by atoms with E-state index < -0.39 is 10.0 Å². The third kappa shape index (κ3) is 5.25. The van der Waals surface area contributed by atoms with Crippen LogP contribution in [0.15, 0.2) is 23.1 Å². The maximum Gasteiger partial charge on any atom is 0.240 e. The fraction of sp³-hybridized carbons (Fsp3) is 0.600. The molecule has 0 saturated heterocycles. The second-order valence-corrected chi connectivity index (χ2v) is 8.97. The van der Waals surface area contributed by atoms with E-state index in [0.29, 0.717) is 24.2 Å². The van der Waals surface area contributed by atoms with Crippen molar-refractivity contribution in [3.63, 3.8) is 0 Å². The summed E-state index contributed by atoms with van der Waals surface area (Å²) in [5.41, 5.74) is 0.720. The highest BCUT2D eigenvalue weighted by Gasteiger charge is 2.22. The monoisotopic (exact) mass is 330 g/mol. The Morgan fingerprint density at radius 1 is 1.29 bits per heavy atom. The Morgan fingerprint density at radius 3 is 2.52 bits per heavy atom. The van der Waals surface area contributed by atoms with Gasteiger partial charge in [-0.3, -0.25) is 0 Å². The molecular weight excluding hydrogens is 308 g/mol. The first-order valence-electron chi connectivity index (χ1n) is 7.19. The van der Waals surface area contributed by atoms with E-state index in [2.05, 4.69) is 10.0 Å². The second kappa shape index (κ2) is 6.24. The van der Waals surface area contributed by atoms with Crippen LogP contribution >= 0.6 is 11.6 Å². The third-order valence-corrected chi connectivity index (χ3v) is 5.05. The summed E-state index contributed by atoms with van der Waals surface area (Å²) in [7, 11) is -3.49. The van der Waals surface area contributed by atoms with Crippen LogP contribution < -0.4 is 10.0 Å². The van der Waals surface area contributed by atoms with Crippen molar-refractivity contribution in [2.45, 2.75) is 51.1 Å². The zero-order valence-corrected chi connectivity index (χ0v) is 14.3. The van der Waals surface area contributed by atoms with Gasteiger partial charge in [-0.25, -0.2) is 13.1 Å². The lowest BCUT2D eigenvalue weighted by Gasteiger charge is -2.19. The maximum atomic E-state index is 12.3. The number of nitrogens with one attached hydrogen (secondary N) is 2. The lowest BCUT2D eigenvalue weighted by atomic mass is 9.98. The largest absolute Gasteiger partial charge is 0.310 e. The van der Waals surface area contributed by atoms with Crippen molar-refractivity contribution >= 4 is 21.6 Å². The normalized spacial score (nSPS) is 16.2. The first-order chi connectivity index (χ1) is 9.67. The summed E-state index contributed by atoms with van der Waals surface area (Å²) in [4.78, 5) is 0.267. The Labute approximate surface area is 132 Å². The van der Waals surface area contributed by atoms with Crippen molar-refractivity contribution in [1.82, 2.24) is 10.0 Å². The molecule has 4 nitrogen and oxygen atoms in total. The molecule has 0 radical (unpaired) electrons. The molecule has 0 heterocycles. The molecule has 0 aromatic heterocycles. The van der Waals surface area contributed by atoms with E-state index in [1.165, 1.54) is 12.8 Å². The lowest BCUT2D eigenvalue weighted by molar-refractivity contribution is 0.407. The molecular formula is C15H23ClN2O2S. The molecule has 1 fully saturated rings. The van der Waals surface area contributed by atoms with Crippen molar-refractivity contribution in [2.75, 3.05) is 6.54 Å².